The van der Waals surface area contributed by atoms with Gasteiger partial charge in [0.2, 0.25) is 5.91 Å². The second-order valence-corrected chi connectivity index (χ2v) is 7.15. The topological polar surface area (TPSA) is 74.7 Å². The van der Waals surface area contributed by atoms with Gasteiger partial charge in [0.05, 0.1) is 0 Å². The van der Waals surface area contributed by atoms with Crippen LogP contribution >= 0.6 is 11.3 Å². The van der Waals surface area contributed by atoms with Gasteiger partial charge in [0.25, 0.3) is 0 Å². The maximum Gasteiger partial charge on any atom is 0.326 e. The van der Waals surface area contributed by atoms with E-state index in [2.05, 4.69) is 0 Å². The van der Waals surface area contributed by atoms with E-state index in [1.54, 1.807) is 11.3 Å². The summed E-state index contributed by atoms with van der Waals surface area (Å²) >= 11 is 1.57. The molecule has 1 N–H and O–H groups in total. The maximum absolute atomic E-state index is 12.3. The fourth-order valence-corrected chi connectivity index (χ4v) is 3.84. The van der Waals surface area contributed by atoms with Gasteiger partial charge in [-0.25, -0.2) is 4.79 Å². The molecule has 1 aliphatic heterocycles. The molecule has 0 unspecified atom stereocenters. The van der Waals surface area contributed by atoms with Gasteiger partial charge in [0, 0.05) is 34.7 Å². The number of likely N-dealkylation sites (tertiary alicyclic amines) is 1. The van der Waals surface area contributed by atoms with E-state index in [0.717, 1.165) is 22.6 Å². The van der Waals surface area contributed by atoms with Crippen molar-refractivity contribution in [2.45, 2.75) is 52.0 Å². The van der Waals surface area contributed by atoms with Crippen LogP contribution < -0.4 is 0 Å². The number of Topliss-reactive ketones (excluding diaryl/α,β-unsaturated/α-hetero) is 1. The predicted octanol–water partition coefficient (Wildman–Crippen LogP) is 2.79. The van der Waals surface area contributed by atoms with Crippen LogP contribution in [0.1, 0.15) is 52.2 Å². The minimum atomic E-state index is -0.955. The number of carboxylic acid groups (broad SMARTS) is 1. The molecule has 1 aromatic heterocycles. The lowest BCUT2D eigenvalue weighted by Gasteiger charge is -2.33. The normalized spacial score (nSPS) is 18.3. The van der Waals surface area contributed by atoms with E-state index in [1.165, 1.54) is 4.90 Å². The number of amides is 1. The van der Waals surface area contributed by atoms with Gasteiger partial charge >= 0.3 is 5.97 Å². The number of hydrogen-bond donors (Lipinski definition) is 1. The van der Waals surface area contributed by atoms with Crippen LogP contribution in [-0.2, 0) is 9.59 Å². The van der Waals surface area contributed by atoms with Crippen LogP contribution in [-0.4, -0.2) is 40.3 Å². The van der Waals surface area contributed by atoms with E-state index >= 15 is 0 Å². The maximum atomic E-state index is 12.3. The van der Waals surface area contributed by atoms with Gasteiger partial charge in [0.15, 0.2) is 5.78 Å². The molecule has 1 aliphatic rings. The number of piperidine rings is 1. The molecule has 0 bridgehead atoms. The van der Waals surface area contributed by atoms with Gasteiger partial charge in [-0.1, -0.05) is 0 Å². The van der Waals surface area contributed by atoms with Crippen LogP contribution in [0, 0.1) is 13.8 Å². The number of nitrogens with zero attached hydrogens (tertiary/aromatic N) is 1. The Labute approximate surface area is 133 Å². The molecule has 6 heteroatoms. The molecule has 120 valence electrons. The minimum Gasteiger partial charge on any atom is -0.480 e. The van der Waals surface area contributed by atoms with Crippen molar-refractivity contribution in [3.8, 4) is 0 Å². The molecule has 2 rings (SSSR count). The average molecular weight is 323 g/mol. The molecule has 22 heavy (non-hydrogen) atoms. The summed E-state index contributed by atoms with van der Waals surface area (Å²) in [4.78, 5) is 39.1. The van der Waals surface area contributed by atoms with Gasteiger partial charge in [-0.3, -0.25) is 9.59 Å². The van der Waals surface area contributed by atoms with Crippen LogP contribution in [0.15, 0.2) is 6.07 Å². The van der Waals surface area contributed by atoms with Crippen LogP contribution in [0.5, 0.6) is 0 Å². The van der Waals surface area contributed by atoms with Gasteiger partial charge in [-0.2, -0.15) is 0 Å². The van der Waals surface area contributed by atoms with Crippen molar-refractivity contribution in [2.24, 2.45) is 0 Å². The first-order valence-corrected chi connectivity index (χ1v) is 8.34. The SMILES string of the molecule is Cc1cc(C(=O)CCC(=O)N2CCCC[C@@H]2C(=O)O)c(C)s1. The smallest absolute Gasteiger partial charge is 0.326 e. The third-order valence-corrected chi connectivity index (χ3v) is 4.98. The Hall–Kier alpha value is -1.69. The van der Waals surface area contributed by atoms with Crippen LogP contribution in [0.3, 0.4) is 0 Å². The number of aryl methyl sites for hydroxylation is 2. The molecule has 1 aromatic rings. The average Bonchev–Trinajstić information content (AvgIpc) is 2.83. The van der Waals surface area contributed by atoms with E-state index < -0.39 is 12.0 Å². The predicted molar refractivity (Wildman–Crippen MR) is 84.3 cm³/mol. The van der Waals surface area contributed by atoms with E-state index in [9.17, 15) is 19.5 Å². The molecule has 2 heterocycles. The highest BCUT2D eigenvalue weighted by atomic mass is 32.1. The standard InChI is InChI=1S/C16H21NO4S/c1-10-9-12(11(2)22-10)14(18)6-7-15(19)17-8-4-3-5-13(17)16(20)21/h9,13H,3-8H2,1-2H3,(H,20,21)/t13-/m1/s1. The first kappa shape index (κ1) is 16.7. The molecule has 1 fully saturated rings. The van der Waals surface area contributed by atoms with Crippen molar-refractivity contribution in [1.29, 1.82) is 0 Å². The van der Waals surface area contributed by atoms with E-state index in [4.69, 9.17) is 0 Å². The van der Waals surface area contributed by atoms with Crippen molar-refractivity contribution in [2.75, 3.05) is 6.54 Å². The van der Waals surface area contributed by atoms with Crippen molar-refractivity contribution in [3.05, 3.63) is 21.4 Å². The molecular formula is C16H21NO4S. The van der Waals surface area contributed by atoms with Crippen molar-refractivity contribution >= 4 is 29.0 Å². The number of hydrogen-bond acceptors (Lipinski definition) is 4. The highest BCUT2D eigenvalue weighted by molar-refractivity contribution is 7.12. The fourth-order valence-electron chi connectivity index (χ4n) is 2.89. The summed E-state index contributed by atoms with van der Waals surface area (Å²) in [6.45, 7) is 4.32. The summed E-state index contributed by atoms with van der Waals surface area (Å²) in [7, 11) is 0. The molecule has 5 nitrogen and oxygen atoms in total. The summed E-state index contributed by atoms with van der Waals surface area (Å²) in [6, 6.07) is 1.12. The largest absolute Gasteiger partial charge is 0.480 e. The quantitative estimate of drug-likeness (QED) is 0.846. The molecule has 1 saturated heterocycles. The Bertz CT molecular complexity index is 593. The van der Waals surface area contributed by atoms with E-state index in [0.29, 0.717) is 18.5 Å². The van der Waals surface area contributed by atoms with E-state index in [-0.39, 0.29) is 24.5 Å². The number of aliphatic carboxylic acids is 1. The van der Waals surface area contributed by atoms with Crippen LogP contribution in [0.25, 0.3) is 0 Å². The van der Waals surface area contributed by atoms with Gasteiger partial charge in [0.1, 0.15) is 6.04 Å². The molecular weight excluding hydrogens is 302 g/mol. The summed E-state index contributed by atoms with van der Waals surface area (Å²) in [5, 5.41) is 9.19. The summed E-state index contributed by atoms with van der Waals surface area (Å²) < 4.78 is 0. The number of carbonyl (C=O) groups is 3. The Kier molecular flexibility index (Phi) is 5.34. The highest BCUT2D eigenvalue weighted by Crippen LogP contribution is 2.23. The Morgan fingerprint density at radius 2 is 2.00 bits per heavy atom. The third-order valence-electron chi connectivity index (χ3n) is 4.02. The molecule has 0 saturated carbocycles. The van der Waals surface area contributed by atoms with Gasteiger partial charge < -0.3 is 10.0 Å². The first-order chi connectivity index (χ1) is 10.4. The molecule has 0 radical (unpaired) electrons. The lowest BCUT2D eigenvalue weighted by Crippen LogP contribution is -2.48. The molecule has 0 aromatic carbocycles. The number of thiophene rings is 1. The zero-order chi connectivity index (χ0) is 16.3. The van der Waals surface area contributed by atoms with Crippen LogP contribution in [0.4, 0.5) is 0 Å². The van der Waals surface area contributed by atoms with Gasteiger partial charge in [-0.15, -0.1) is 11.3 Å². The monoisotopic (exact) mass is 323 g/mol. The third kappa shape index (κ3) is 3.74. The summed E-state index contributed by atoms with van der Waals surface area (Å²) in [5.41, 5.74) is 0.684. The summed E-state index contributed by atoms with van der Waals surface area (Å²) in [6.07, 6.45) is 2.37. The van der Waals surface area contributed by atoms with Gasteiger partial charge in [-0.05, 0) is 39.2 Å². The second kappa shape index (κ2) is 7.05. The molecule has 0 aliphatic carbocycles. The van der Waals surface area contributed by atoms with Crippen molar-refractivity contribution in [3.63, 3.8) is 0 Å². The van der Waals surface area contributed by atoms with Crippen molar-refractivity contribution < 1.29 is 19.5 Å². The van der Waals surface area contributed by atoms with Crippen molar-refractivity contribution in [1.82, 2.24) is 4.90 Å². The Balaban J connectivity index is 1.95. The Morgan fingerprint density at radius 1 is 1.27 bits per heavy atom. The first-order valence-electron chi connectivity index (χ1n) is 7.52. The zero-order valence-electron chi connectivity index (χ0n) is 12.9. The Morgan fingerprint density at radius 3 is 2.59 bits per heavy atom. The zero-order valence-corrected chi connectivity index (χ0v) is 13.7. The molecule has 1 atom stereocenters. The number of rotatable bonds is 5. The molecule has 1 amide bonds. The number of carbonyl (C=O) groups excluding carboxylic acids is 2. The highest BCUT2D eigenvalue weighted by Gasteiger charge is 2.31. The van der Waals surface area contributed by atoms with Crippen LogP contribution in [0.2, 0.25) is 0 Å². The fraction of sp³-hybridized carbons (Fsp3) is 0.562. The lowest BCUT2D eigenvalue weighted by molar-refractivity contribution is -0.152. The number of ketones is 1. The lowest BCUT2D eigenvalue weighted by atomic mass is 10.0. The van der Waals surface area contributed by atoms with E-state index in [1.807, 2.05) is 19.9 Å². The summed E-state index contributed by atoms with van der Waals surface area (Å²) in [5.74, 6) is -1.23. The molecule has 0 spiro atoms. The minimum absolute atomic E-state index is 0.0425. The second-order valence-electron chi connectivity index (χ2n) is 5.69. The number of carboxylic acids is 1.